The highest BCUT2D eigenvalue weighted by Gasteiger charge is 2.35. The largest absolute Gasteiger partial charge is 0.481 e. The molecule has 13 heteroatoms. The zero-order chi connectivity index (χ0) is 36.3. The van der Waals surface area contributed by atoms with E-state index in [1.54, 1.807) is 88.0 Å². The molecule has 0 aromatic heterocycles. The molecule has 0 aliphatic rings. The Labute approximate surface area is 276 Å². The number of carbonyl (C=O) groups excluding carboxylic acids is 4. The van der Waals surface area contributed by atoms with Crippen molar-refractivity contribution < 1.29 is 48.0 Å². The van der Waals surface area contributed by atoms with Gasteiger partial charge in [-0.05, 0) is 96.9 Å². The van der Waals surface area contributed by atoms with Crippen molar-refractivity contribution in [2.45, 2.75) is 138 Å². The molecule has 1 atom stereocenters. The summed E-state index contributed by atoms with van der Waals surface area (Å²) in [6.07, 6.45) is -0.570. The van der Waals surface area contributed by atoms with Gasteiger partial charge in [0.25, 0.3) is 0 Å². The first kappa shape index (κ1) is 43.2. The fourth-order valence-electron chi connectivity index (χ4n) is 4.26. The normalized spacial score (nSPS) is 13.6. The number of rotatable bonds is 17. The summed E-state index contributed by atoms with van der Waals surface area (Å²) in [6, 6.07) is -1.26. The average molecular weight is 660 g/mol. The molecule has 1 unspecified atom stereocenters. The Bertz CT molecular complexity index is 987. The second-order valence-corrected chi connectivity index (χ2v) is 15.7. The van der Waals surface area contributed by atoms with Crippen molar-refractivity contribution in [1.82, 2.24) is 14.7 Å². The van der Waals surface area contributed by atoms with Crippen molar-refractivity contribution in [2.75, 3.05) is 45.8 Å². The lowest BCUT2D eigenvalue weighted by molar-refractivity contribution is -0.168. The Hall–Kier alpha value is -2.77. The fourth-order valence-corrected chi connectivity index (χ4v) is 4.26. The Morgan fingerprint density at radius 1 is 0.543 bits per heavy atom. The van der Waals surface area contributed by atoms with Crippen molar-refractivity contribution >= 4 is 29.8 Å². The number of carboxylic acids is 1. The zero-order valence-corrected chi connectivity index (χ0v) is 30.8. The van der Waals surface area contributed by atoms with Crippen LogP contribution in [0, 0.1) is 0 Å². The molecule has 0 amide bonds. The third-order valence-electron chi connectivity index (χ3n) is 5.89. The molecule has 0 saturated carbocycles. The number of esters is 4. The second-order valence-electron chi connectivity index (χ2n) is 15.7. The highest BCUT2D eigenvalue weighted by atomic mass is 16.6. The third kappa shape index (κ3) is 21.9. The molecular formula is C33H61N3O10. The summed E-state index contributed by atoms with van der Waals surface area (Å²) in [5, 5.41) is 9.65. The molecule has 0 aromatic carbocycles. The van der Waals surface area contributed by atoms with Crippen LogP contribution in [0.3, 0.4) is 0 Å². The van der Waals surface area contributed by atoms with E-state index < -0.39 is 64.7 Å². The van der Waals surface area contributed by atoms with Gasteiger partial charge in [0.15, 0.2) is 0 Å². The van der Waals surface area contributed by atoms with Crippen molar-refractivity contribution in [1.29, 1.82) is 0 Å². The molecule has 0 spiro atoms. The van der Waals surface area contributed by atoms with E-state index in [0.29, 0.717) is 19.6 Å². The van der Waals surface area contributed by atoms with E-state index in [-0.39, 0.29) is 32.2 Å². The molecule has 0 fully saturated rings. The van der Waals surface area contributed by atoms with E-state index in [0.717, 1.165) is 0 Å². The number of aliphatic carboxylic acids is 1. The quantitative estimate of drug-likeness (QED) is 0.179. The maximum absolute atomic E-state index is 13.2. The van der Waals surface area contributed by atoms with E-state index in [4.69, 9.17) is 18.9 Å². The van der Waals surface area contributed by atoms with Crippen LogP contribution in [0.1, 0.15) is 103 Å². The topological polar surface area (TPSA) is 152 Å². The van der Waals surface area contributed by atoms with Gasteiger partial charge in [0, 0.05) is 32.2 Å². The van der Waals surface area contributed by atoms with Crippen LogP contribution in [0.25, 0.3) is 0 Å². The molecule has 0 aliphatic heterocycles. The van der Waals surface area contributed by atoms with Gasteiger partial charge in [0.1, 0.15) is 28.4 Å². The van der Waals surface area contributed by atoms with Gasteiger partial charge in [-0.15, -0.1) is 0 Å². The van der Waals surface area contributed by atoms with Gasteiger partial charge in [-0.1, -0.05) is 0 Å². The summed E-state index contributed by atoms with van der Waals surface area (Å²) in [6.45, 7) is 25.3. The average Bonchev–Trinajstić information content (AvgIpc) is 2.76. The van der Waals surface area contributed by atoms with E-state index in [9.17, 15) is 29.1 Å². The molecule has 46 heavy (non-hydrogen) atoms. The Morgan fingerprint density at radius 2 is 0.891 bits per heavy atom. The number of hydrogen-bond donors (Lipinski definition) is 1. The summed E-state index contributed by atoms with van der Waals surface area (Å²) >= 11 is 0. The number of hydrogen-bond acceptors (Lipinski definition) is 12. The first-order valence-electron chi connectivity index (χ1n) is 15.9. The highest BCUT2D eigenvalue weighted by Crippen LogP contribution is 2.17. The summed E-state index contributed by atoms with van der Waals surface area (Å²) in [5.41, 5.74) is -3.05. The Balaban J connectivity index is 6.10. The van der Waals surface area contributed by atoms with Crippen LogP contribution >= 0.6 is 0 Å². The van der Waals surface area contributed by atoms with Gasteiger partial charge >= 0.3 is 29.8 Å². The monoisotopic (exact) mass is 659 g/mol. The van der Waals surface area contributed by atoms with Crippen LogP contribution in [0.2, 0.25) is 0 Å². The number of carbonyl (C=O) groups is 5. The maximum Gasteiger partial charge on any atom is 0.324 e. The molecule has 0 heterocycles. The first-order chi connectivity index (χ1) is 20.6. The highest BCUT2D eigenvalue weighted by molar-refractivity contribution is 5.83. The second kappa shape index (κ2) is 18.0. The van der Waals surface area contributed by atoms with Crippen LogP contribution in [-0.4, -0.2) is 130 Å². The van der Waals surface area contributed by atoms with Crippen molar-refractivity contribution in [3.8, 4) is 0 Å². The van der Waals surface area contributed by atoms with E-state index >= 15 is 0 Å². The van der Waals surface area contributed by atoms with Crippen LogP contribution < -0.4 is 0 Å². The SMILES string of the molecule is CC(C)N(CCN(CC(=O)OC(C)(C)C)CC(=O)OC(C)(C)C)CCN(CC(=O)OC(C)(C)C)C(CC(=O)O)C(=O)OC(C)(C)C. The summed E-state index contributed by atoms with van der Waals surface area (Å²) in [5.74, 6) is -3.54. The molecule has 1 N–H and O–H groups in total. The maximum atomic E-state index is 13.2. The molecule has 0 bridgehead atoms. The van der Waals surface area contributed by atoms with Gasteiger partial charge in [-0.25, -0.2) is 0 Å². The van der Waals surface area contributed by atoms with Crippen molar-refractivity contribution in [2.24, 2.45) is 0 Å². The molecule has 0 rings (SSSR count). The van der Waals surface area contributed by atoms with Crippen molar-refractivity contribution in [3.05, 3.63) is 0 Å². The van der Waals surface area contributed by atoms with Gasteiger partial charge in [0.2, 0.25) is 0 Å². The van der Waals surface area contributed by atoms with Crippen LogP contribution in [0.15, 0.2) is 0 Å². The lowest BCUT2D eigenvalue weighted by Crippen LogP contribution is -2.52. The minimum Gasteiger partial charge on any atom is -0.481 e. The van der Waals surface area contributed by atoms with Crippen LogP contribution in [0.5, 0.6) is 0 Å². The van der Waals surface area contributed by atoms with Gasteiger partial charge in [-0.3, -0.25) is 38.7 Å². The smallest absolute Gasteiger partial charge is 0.324 e. The summed E-state index contributed by atoms with van der Waals surface area (Å²) < 4.78 is 22.0. The van der Waals surface area contributed by atoms with E-state index in [1.165, 1.54) is 4.90 Å². The molecule has 0 radical (unpaired) electrons. The van der Waals surface area contributed by atoms with Gasteiger partial charge in [0.05, 0.1) is 26.1 Å². The van der Waals surface area contributed by atoms with E-state index in [1.807, 2.05) is 18.7 Å². The Morgan fingerprint density at radius 3 is 1.24 bits per heavy atom. The predicted molar refractivity (Wildman–Crippen MR) is 174 cm³/mol. The lowest BCUT2D eigenvalue weighted by atomic mass is 10.1. The number of carboxylic acid groups (broad SMARTS) is 1. The summed E-state index contributed by atoms with van der Waals surface area (Å²) in [7, 11) is 0. The molecule has 13 nitrogen and oxygen atoms in total. The minimum absolute atomic E-state index is 0.0206. The molecule has 268 valence electrons. The van der Waals surface area contributed by atoms with Crippen LogP contribution in [-0.2, 0) is 42.9 Å². The lowest BCUT2D eigenvalue weighted by Gasteiger charge is -2.35. The summed E-state index contributed by atoms with van der Waals surface area (Å²) in [4.78, 5) is 68.5. The van der Waals surface area contributed by atoms with Crippen molar-refractivity contribution in [3.63, 3.8) is 0 Å². The molecule has 0 saturated heterocycles. The third-order valence-corrected chi connectivity index (χ3v) is 5.89. The van der Waals surface area contributed by atoms with E-state index in [2.05, 4.69) is 0 Å². The predicted octanol–water partition coefficient (Wildman–Crippen LogP) is 3.51. The van der Waals surface area contributed by atoms with Gasteiger partial charge < -0.3 is 24.1 Å². The fraction of sp³-hybridized carbons (Fsp3) is 0.848. The minimum atomic E-state index is -1.24. The standard InChI is InChI=1S/C33H61N3O10/c1-23(2)35(16-15-34(20-26(39)43-30(3,4)5)21-27(40)44-31(6,7)8)17-18-36(22-28(41)45-32(9,10)11)24(19-25(37)38)29(42)46-33(12,13)14/h23-24H,15-22H2,1-14H3,(H,37,38). The molecule has 0 aliphatic carbocycles. The first-order valence-corrected chi connectivity index (χ1v) is 15.9. The molecule has 0 aromatic rings. The molecular weight excluding hydrogens is 598 g/mol. The number of ether oxygens (including phenoxy) is 4. The zero-order valence-electron chi connectivity index (χ0n) is 30.8. The number of nitrogens with zero attached hydrogens (tertiary/aromatic N) is 3. The van der Waals surface area contributed by atoms with Crippen LogP contribution in [0.4, 0.5) is 0 Å². The Kier molecular flexibility index (Phi) is 16.9. The van der Waals surface area contributed by atoms with Gasteiger partial charge in [-0.2, -0.15) is 0 Å².